The zero-order valence-electron chi connectivity index (χ0n) is 27.6. The van der Waals surface area contributed by atoms with Crippen LogP contribution < -0.4 is 4.72 Å². The first-order chi connectivity index (χ1) is 23.4. The molecule has 2 amide bonds. The maximum Gasteiger partial charge on any atom is 0.431 e. The maximum absolute atomic E-state index is 14.7. The van der Waals surface area contributed by atoms with Gasteiger partial charge in [-0.15, -0.1) is 0 Å². The molecule has 262 valence electrons. The molecule has 4 heterocycles. The second-order valence-electron chi connectivity index (χ2n) is 14.6. The first-order valence-electron chi connectivity index (χ1n) is 17.3. The van der Waals surface area contributed by atoms with Crippen molar-refractivity contribution in [2.24, 2.45) is 5.92 Å². The van der Waals surface area contributed by atoms with Crippen LogP contribution in [0.3, 0.4) is 0 Å². The fourth-order valence-corrected chi connectivity index (χ4v) is 10.7. The highest BCUT2D eigenvalue weighted by atomic mass is 32.2. The first-order valence-corrected chi connectivity index (χ1v) is 18.9. The highest BCUT2D eigenvalue weighted by molar-refractivity contribution is 7.90. The smallest absolute Gasteiger partial charge is 0.356 e. The molecule has 1 aromatic heterocycles. The van der Waals surface area contributed by atoms with Crippen molar-refractivity contribution < 1.29 is 35.9 Å². The van der Waals surface area contributed by atoms with E-state index in [0.717, 1.165) is 73.8 Å². The lowest BCUT2D eigenvalue weighted by atomic mass is 9.75. The molecule has 6 aliphatic rings. The quantitative estimate of drug-likeness (QED) is 0.443. The fourth-order valence-electron chi connectivity index (χ4n) is 9.64. The summed E-state index contributed by atoms with van der Waals surface area (Å²) in [4.78, 5) is 32.7. The van der Waals surface area contributed by atoms with Crippen LogP contribution in [0.5, 0.6) is 0 Å². The van der Waals surface area contributed by atoms with Gasteiger partial charge >= 0.3 is 6.18 Å². The third-order valence-corrected chi connectivity index (χ3v) is 13.1. The lowest BCUT2D eigenvalue weighted by molar-refractivity contribution is -0.184. The van der Waals surface area contributed by atoms with E-state index in [2.05, 4.69) is 50.4 Å². The van der Waals surface area contributed by atoms with Crippen molar-refractivity contribution in [3.05, 3.63) is 70.0 Å². The summed E-state index contributed by atoms with van der Waals surface area (Å²) in [5.41, 5.74) is 1.99. The number of carbonyl (C=O) groups excluding carboxylic acids is 2. The number of piperazine rings is 1. The Labute approximate surface area is 283 Å². The van der Waals surface area contributed by atoms with E-state index in [1.54, 1.807) is 4.72 Å². The number of halogens is 3. The van der Waals surface area contributed by atoms with E-state index in [4.69, 9.17) is 0 Å². The number of nitrogens with one attached hydrogen (secondary N) is 1. The van der Waals surface area contributed by atoms with Gasteiger partial charge in [-0.3, -0.25) is 9.59 Å². The summed E-state index contributed by atoms with van der Waals surface area (Å²) in [6.07, 6.45) is 6.68. The van der Waals surface area contributed by atoms with Crippen molar-refractivity contribution in [1.82, 2.24) is 19.1 Å². The molecular weight excluding hydrogens is 657 g/mol. The van der Waals surface area contributed by atoms with E-state index in [9.17, 15) is 31.2 Å². The number of allylic oxidation sites excluding steroid dienone is 4. The Hall–Kier alpha value is -3.42. The van der Waals surface area contributed by atoms with Gasteiger partial charge in [0.1, 0.15) is 0 Å². The van der Waals surface area contributed by atoms with Gasteiger partial charge in [0.15, 0.2) is 0 Å². The number of benzene rings is 1. The van der Waals surface area contributed by atoms with E-state index >= 15 is 0 Å². The molecule has 8 rings (SSSR count). The molecule has 0 spiro atoms. The van der Waals surface area contributed by atoms with E-state index in [1.165, 1.54) is 12.0 Å². The minimum Gasteiger partial charge on any atom is -0.356 e. The molecule has 2 aromatic rings. The number of hydrogen-bond acceptors (Lipinski definition) is 6. The van der Waals surface area contributed by atoms with E-state index in [1.807, 2.05) is 12.2 Å². The van der Waals surface area contributed by atoms with Gasteiger partial charge in [-0.25, -0.2) is 13.1 Å². The fraction of sp³-hybridized carbons (Fsp3) is 0.556. The Bertz CT molecular complexity index is 1930. The Morgan fingerprint density at radius 2 is 1.76 bits per heavy atom. The zero-order valence-corrected chi connectivity index (χ0v) is 28.4. The lowest BCUT2D eigenvalue weighted by Crippen LogP contribution is -2.56. The van der Waals surface area contributed by atoms with Crippen LogP contribution in [0.15, 0.2) is 58.7 Å². The predicted octanol–water partition coefficient (Wildman–Crippen LogP) is 5.25. The van der Waals surface area contributed by atoms with Gasteiger partial charge in [-0.05, 0) is 73.4 Å². The van der Waals surface area contributed by atoms with Crippen LogP contribution >= 0.6 is 0 Å². The maximum atomic E-state index is 14.7. The summed E-state index contributed by atoms with van der Waals surface area (Å²) in [6, 6.07) is 8.76. The number of carbonyl (C=O) groups is 2. The number of ether oxygens (including phenoxy) is 1. The molecule has 9 nitrogen and oxygen atoms in total. The highest BCUT2D eigenvalue weighted by Gasteiger charge is 2.53. The van der Waals surface area contributed by atoms with E-state index < -0.39 is 39.4 Å². The van der Waals surface area contributed by atoms with Crippen LogP contribution in [-0.4, -0.2) is 85.5 Å². The number of alkyl halides is 3. The van der Waals surface area contributed by atoms with Crippen molar-refractivity contribution >= 4 is 32.7 Å². The molecule has 1 aromatic carbocycles. The molecule has 5 atom stereocenters. The number of sulfonamides is 1. The lowest BCUT2D eigenvalue weighted by Gasteiger charge is -2.43. The Morgan fingerprint density at radius 3 is 2.43 bits per heavy atom. The Balaban J connectivity index is 1.24. The minimum absolute atomic E-state index is 0.0701. The molecular formula is C36H41F3N4O5S. The van der Waals surface area contributed by atoms with Gasteiger partial charge in [0.05, 0.1) is 17.0 Å². The van der Waals surface area contributed by atoms with Gasteiger partial charge in [0, 0.05) is 55.8 Å². The number of aromatic nitrogens is 1. The Kier molecular flexibility index (Phi) is 7.91. The summed E-state index contributed by atoms with van der Waals surface area (Å²) in [5, 5.41) is 1.05. The highest BCUT2D eigenvalue weighted by Crippen LogP contribution is 2.55. The number of para-hydroxylation sites is 1. The number of hydrogen-bond donors (Lipinski definition) is 1. The van der Waals surface area contributed by atoms with Crippen LogP contribution in [-0.2, 0) is 30.9 Å². The average Bonchev–Trinajstić information content (AvgIpc) is 3.59. The number of amides is 2. The molecule has 1 saturated carbocycles. The van der Waals surface area contributed by atoms with Gasteiger partial charge in [0.2, 0.25) is 5.91 Å². The van der Waals surface area contributed by atoms with Crippen LogP contribution in [0, 0.1) is 5.92 Å². The molecule has 3 fully saturated rings. The van der Waals surface area contributed by atoms with Crippen LogP contribution in [0.2, 0.25) is 0 Å². The SMILES string of the molecule is COC(C(F)(F)F)S(=O)(=O)NC(=O)C1=C2Cn3c(cc4cccc(C5CCCCC5)c43)C3C(=C21)C=CC[C@H]3C(=O)N1C2CCC1CN(C)C2. The third kappa shape index (κ3) is 5.38. The first kappa shape index (κ1) is 32.8. The van der Waals surface area contributed by atoms with Gasteiger partial charge < -0.3 is 19.1 Å². The van der Waals surface area contributed by atoms with Crippen LogP contribution in [0.1, 0.15) is 74.5 Å². The second-order valence-corrected chi connectivity index (χ2v) is 16.3. The standard InChI is InChI=1S/C36H41F3N4O5S/c1-41-17-22-14-15-23(18-41)43(22)34(45)26-13-7-12-25-29(26)28-16-21-10-6-11-24(20-8-4-3-5-9-20)32(21)42(28)19-27-30(25)31(27)33(44)40-49(46,47)35(48-2)36(37,38)39/h6-7,10-12,16,20,22-23,26,29,35H,3-5,8-9,13-15,17-19H2,1-2H3,(H,40,44)/t22?,23?,26-,29?,35?/m1/s1. The average molecular weight is 699 g/mol. The summed E-state index contributed by atoms with van der Waals surface area (Å²) in [5.74, 6) is -1.53. The largest absolute Gasteiger partial charge is 0.431 e. The Morgan fingerprint density at radius 1 is 1.04 bits per heavy atom. The van der Waals surface area contributed by atoms with E-state index in [0.29, 0.717) is 30.6 Å². The van der Waals surface area contributed by atoms with Crippen molar-refractivity contribution in [3.63, 3.8) is 0 Å². The molecule has 2 saturated heterocycles. The van der Waals surface area contributed by atoms with Crippen molar-refractivity contribution in [1.29, 1.82) is 0 Å². The monoisotopic (exact) mass is 698 g/mol. The predicted molar refractivity (Wildman–Crippen MR) is 177 cm³/mol. The number of likely N-dealkylation sites (N-methyl/N-ethyl adjacent to an activating group) is 1. The third-order valence-electron chi connectivity index (χ3n) is 11.6. The van der Waals surface area contributed by atoms with Gasteiger partial charge in [-0.1, -0.05) is 49.6 Å². The topological polar surface area (TPSA) is 101 Å². The molecule has 4 unspecified atom stereocenters. The molecule has 3 aliphatic carbocycles. The molecule has 2 bridgehead atoms. The summed E-state index contributed by atoms with van der Waals surface area (Å²) in [6.45, 7) is 1.89. The number of nitrogens with zero attached hydrogens (tertiary/aromatic N) is 3. The molecule has 49 heavy (non-hydrogen) atoms. The zero-order chi connectivity index (χ0) is 34.4. The number of likely N-dealkylation sites (tertiary alicyclic amines) is 1. The van der Waals surface area contributed by atoms with Gasteiger partial charge in [-0.2, -0.15) is 13.2 Å². The van der Waals surface area contributed by atoms with Gasteiger partial charge in [0.25, 0.3) is 21.4 Å². The van der Waals surface area contributed by atoms with Crippen molar-refractivity contribution in [2.45, 2.75) is 93.4 Å². The molecule has 1 N–H and O–H groups in total. The number of methoxy groups -OCH3 is 1. The summed E-state index contributed by atoms with van der Waals surface area (Å²) in [7, 11) is -2.54. The second kappa shape index (κ2) is 11.8. The molecule has 0 radical (unpaired) electrons. The molecule has 3 aliphatic heterocycles. The summed E-state index contributed by atoms with van der Waals surface area (Å²) >= 11 is 0. The summed E-state index contributed by atoms with van der Waals surface area (Å²) < 4.78 is 74.3. The number of fused-ring (bicyclic) bond motifs is 8. The van der Waals surface area contributed by atoms with Crippen molar-refractivity contribution in [2.75, 3.05) is 27.2 Å². The normalized spacial score (nSPS) is 27.9. The minimum atomic E-state index is -5.26. The van der Waals surface area contributed by atoms with E-state index in [-0.39, 0.29) is 30.1 Å². The number of rotatable bonds is 6. The van der Waals surface area contributed by atoms with Crippen LogP contribution in [0.4, 0.5) is 13.2 Å². The van der Waals surface area contributed by atoms with Crippen LogP contribution in [0.25, 0.3) is 10.9 Å². The molecule has 13 heteroatoms. The van der Waals surface area contributed by atoms with Crippen molar-refractivity contribution in [3.8, 4) is 0 Å².